The maximum atomic E-state index is 12.8. The van der Waals surface area contributed by atoms with Crippen LogP contribution in [0.15, 0.2) is 71.9 Å². The van der Waals surface area contributed by atoms with Gasteiger partial charge >= 0.3 is 6.18 Å². The van der Waals surface area contributed by atoms with E-state index in [9.17, 15) is 13.2 Å². The van der Waals surface area contributed by atoms with Crippen LogP contribution in [0.5, 0.6) is 11.5 Å². The van der Waals surface area contributed by atoms with E-state index in [1.165, 1.54) is 12.3 Å². The van der Waals surface area contributed by atoms with E-state index < -0.39 is 11.7 Å². The van der Waals surface area contributed by atoms with Gasteiger partial charge in [0.25, 0.3) is 0 Å². The standard InChI is InChI=1S/C19H16F3N5O/c20-19(21,22)12-3-1-4-13(9-12)26-14-5-2-6-15(10-14)28-16-7-8-17(25-11-16)27-18(23)24/h1-11,26H,(H4,23,24,25,27). The Kier molecular flexibility index (Phi) is 5.35. The van der Waals surface area contributed by atoms with Crippen LogP contribution >= 0.6 is 0 Å². The van der Waals surface area contributed by atoms with E-state index in [2.05, 4.69) is 15.3 Å². The highest BCUT2D eigenvalue weighted by molar-refractivity contribution is 5.78. The van der Waals surface area contributed by atoms with Gasteiger partial charge in [0.15, 0.2) is 11.8 Å². The fourth-order valence-corrected chi connectivity index (χ4v) is 2.34. The maximum absolute atomic E-state index is 12.8. The van der Waals surface area contributed by atoms with Crippen LogP contribution in [0.3, 0.4) is 0 Å². The number of nitrogens with two attached hydrogens (primary N) is 2. The molecule has 0 aliphatic heterocycles. The third kappa shape index (κ3) is 5.13. The Bertz CT molecular complexity index is 983. The van der Waals surface area contributed by atoms with E-state index in [1.54, 1.807) is 42.5 Å². The van der Waals surface area contributed by atoms with Gasteiger partial charge in [-0.25, -0.2) is 4.98 Å². The average Bonchev–Trinajstić information content (AvgIpc) is 2.63. The van der Waals surface area contributed by atoms with Crippen molar-refractivity contribution in [2.45, 2.75) is 6.18 Å². The number of anilines is 2. The highest BCUT2D eigenvalue weighted by atomic mass is 19.4. The molecule has 28 heavy (non-hydrogen) atoms. The summed E-state index contributed by atoms with van der Waals surface area (Å²) in [7, 11) is 0. The van der Waals surface area contributed by atoms with Gasteiger partial charge in [0.1, 0.15) is 11.5 Å². The first kappa shape index (κ1) is 19.0. The Morgan fingerprint density at radius 1 is 0.929 bits per heavy atom. The SMILES string of the molecule is NC(N)=Nc1ccc(Oc2cccc(Nc3cccc(C(F)(F)F)c3)c2)cn1. The quantitative estimate of drug-likeness (QED) is 0.441. The second-order valence-corrected chi connectivity index (χ2v) is 5.72. The topological polar surface area (TPSA) is 98.6 Å². The van der Waals surface area contributed by atoms with Gasteiger partial charge in [0, 0.05) is 17.4 Å². The maximum Gasteiger partial charge on any atom is 0.416 e. The molecule has 0 fully saturated rings. The number of pyridine rings is 1. The van der Waals surface area contributed by atoms with Crippen molar-refractivity contribution in [2.75, 3.05) is 5.32 Å². The molecule has 0 radical (unpaired) electrons. The van der Waals surface area contributed by atoms with Crippen LogP contribution in [-0.2, 0) is 6.18 Å². The fraction of sp³-hybridized carbons (Fsp3) is 0.0526. The summed E-state index contributed by atoms with van der Waals surface area (Å²) in [5, 5.41) is 2.93. The molecule has 0 aliphatic rings. The highest BCUT2D eigenvalue weighted by Gasteiger charge is 2.30. The molecule has 6 nitrogen and oxygen atoms in total. The number of nitrogens with one attached hydrogen (secondary N) is 1. The predicted octanol–water partition coefficient (Wildman–Crippen LogP) is 4.54. The van der Waals surface area contributed by atoms with Crippen LogP contribution in [0.1, 0.15) is 5.56 Å². The zero-order chi connectivity index (χ0) is 20.1. The molecule has 0 spiro atoms. The van der Waals surface area contributed by atoms with Crippen molar-refractivity contribution in [3.63, 3.8) is 0 Å². The molecule has 9 heteroatoms. The number of aliphatic imine (C=N–C) groups is 1. The lowest BCUT2D eigenvalue weighted by Gasteiger charge is -2.12. The van der Waals surface area contributed by atoms with Crippen LogP contribution in [0, 0.1) is 0 Å². The first-order chi connectivity index (χ1) is 13.3. The van der Waals surface area contributed by atoms with E-state index >= 15 is 0 Å². The molecule has 0 saturated carbocycles. The average molecular weight is 387 g/mol. The second kappa shape index (κ2) is 7.87. The molecule has 0 atom stereocenters. The molecule has 2 aromatic carbocycles. The monoisotopic (exact) mass is 387 g/mol. The Morgan fingerprint density at radius 3 is 2.29 bits per heavy atom. The molecular formula is C19H16F3N5O. The van der Waals surface area contributed by atoms with E-state index in [0.29, 0.717) is 28.7 Å². The fourth-order valence-electron chi connectivity index (χ4n) is 2.34. The van der Waals surface area contributed by atoms with Gasteiger partial charge in [-0.1, -0.05) is 12.1 Å². The first-order valence-electron chi connectivity index (χ1n) is 8.07. The van der Waals surface area contributed by atoms with E-state index in [4.69, 9.17) is 16.2 Å². The number of hydrogen-bond donors (Lipinski definition) is 3. The zero-order valence-corrected chi connectivity index (χ0v) is 14.4. The summed E-state index contributed by atoms with van der Waals surface area (Å²) < 4.78 is 44.2. The predicted molar refractivity (Wildman–Crippen MR) is 101 cm³/mol. The first-order valence-corrected chi connectivity index (χ1v) is 8.07. The minimum atomic E-state index is -4.40. The molecule has 3 rings (SSSR count). The summed E-state index contributed by atoms with van der Waals surface area (Å²) >= 11 is 0. The van der Waals surface area contributed by atoms with Crippen molar-refractivity contribution < 1.29 is 17.9 Å². The highest BCUT2D eigenvalue weighted by Crippen LogP contribution is 2.32. The summed E-state index contributed by atoms with van der Waals surface area (Å²) in [4.78, 5) is 7.85. The van der Waals surface area contributed by atoms with Crippen LogP contribution in [0.2, 0.25) is 0 Å². The molecule has 0 unspecified atom stereocenters. The zero-order valence-electron chi connectivity index (χ0n) is 14.4. The third-order valence-corrected chi connectivity index (χ3v) is 3.51. The molecule has 144 valence electrons. The Labute approximate surface area is 158 Å². The lowest BCUT2D eigenvalue weighted by atomic mass is 10.2. The summed E-state index contributed by atoms with van der Waals surface area (Å²) in [5.41, 5.74) is 10.7. The normalized spacial score (nSPS) is 11.0. The second-order valence-electron chi connectivity index (χ2n) is 5.72. The molecule has 5 N–H and O–H groups in total. The summed E-state index contributed by atoms with van der Waals surface area (Å²) in [6.45, 7) is 0. The van der Waals surface area contributed by atoms with Crippen molar-refractivity contribution in [1.29, 1.82) is 0 Å². The van der Waals surface area contributed by atoms with Crippen molar-refractivity contribution in [1.82, 2.24) is 4.98 Å². The summed E-state index contributed by atoms with van der Waals surface area (Å²) in [6.07, 6.45) is -2.95. The molecule has 1 heterocycles. The van der Waals surface area contributed by atoms with Gasteiger partial charge < -0.3 is 21.5 Å². The summed E-state index contributed by atoms with van der Waals surface area (Å²) in [6, 6.07) is 15.0. The number of halogens is 3. The van der Waals surface area contributed by atoms with Crippen LogP contribution in [0.25, 0.3) is 0 Å². The minimum Gasteiger partial charge on any atom is -0.456 e. The molecule has 0 bridgehead atoms. The van der Waals surface area contributed by atoms with E-state index in [1.807, 2.05) is 0 Å². The Balaban J connectivity index is 1.73. The van der Waals surface area contributed by atoms with Crippen molar-refractivity contribution in [2.24, 2.45) is 16.5 Å². The van der Waals surface area contributed by atoms with Crippen molar-refractivity contribution in [3.8, 4) is 11.5 Å². The molecule has 0 amide bonds. The summed E-state index contributed by atoms with van der Waals surface area (Å²) in [5.74, 6) is 1.17. The number of benzene rings is 2. The van der Waals surface area contributed by atoms with E-state index in [0.717, 1.165) is 12.1 Å². The number of hydrogen-bond acceptors (Lipinski definition) is 4. The number of nitrogens with zero attached hydrogens (tertiary/aromatic N) is 2. The molecular weight excluding hydrogens is 371 g/mol. The Morgan fingerprint density at radius 2 is 1.64 bits per heavy atom. The molecule has 3 aromatic rings. The van der Waals surface area contributed by atoms with Crippen molar-refractivity contribution in [3.05, 3.63) is 72.4 Å². The van der Waals surface area contributed by atoms with Gasteiger partial charge in [-0.05, 0) is 42.5 Å². The number of guanidine groups is 1. The number of aromatic nitrogens is 1. The smallest absolute Gasteiger partial charge is 0.416 e. The van der Waals surface area contributed by atoms with Gasteiger partial charge in [0.05, 0.1) is 11.8 Å². The molecule has 0 saturated heterocycles. The third-order valence-electron chi connectivity index (χ3n) is 3.51. The number of ether oxygens (including phenoxy) is 1. The lowest BCUT2D eigenvalue weighted by molar-refractivity contribution is -0.137. The number of alkyl halides is 3. The largest absolute Gasteiger partial charge is 0.456 e. The van der Waals surface area contributed by atoms with Crippen LogP contribution < -0.4 is 21.5 Å². The van der Waals surface area contributed by atoms with Crippen LogP contribution in [-0.4, -0.2) is 10.9 Å². The van der Waals surface area contributed by atoms with E-state index in [-0.39, 0.29) is 5.96 Å². The van der Waals surface area contributed by atoms with Gasteiger partial charge in [-0.15, -0.1) is 0 Å². The number of rotatable bonds is 5. The Hall–Kier alpha value is -3.75. The van der Waals surface area contributed by atoms with Crippen LogP contribution in [0.4, 0.5) is 30.4 Å². The molecule has 0 aliphatic carbocycles. The van der Waals surface area contributed by atoms with Gasteiger partial charge in [-0.2, -0.15) is 18.2 Å². The molecule has 1 aromatic heterocycles. The van der Waals surface area contributed by atoms with Gasteiger partial charge in [0.2, 0.25) is 0 Å². The minimum absolute atomic E-state index is 0.102. The van der Waals surface area contributed by atoms with Crippen molar-refractivity contribution >= 4 is 23.2 Å². The lowest BCUT2D eigenvalue weighted by Crippen LogP contribution is -2.22. The van der Waals surface area contributed by atoms with Gasteiger partial charge in [-0.3, -0.25) is 0 Å².